The molecule has 0 fully saturated rings. The lowest BCUT2D eigenvalue weighted by atomic mass is 9.97. The number of halogens is 3. The number of hydrogen-bond donors (Lipinski definition) is 0. The van der Waals surface area contributed by atoms with Gasteiger partial charge in [-0.25, -0.2) is 4.68 Å². The van der Waals surface area contributed by atoms with E-state index in [0.717, 1.165) is 11.6 Å². The van der Waals surface area contributed by atoms with Crippen molar-refractivity contribution < 1.29 is 22.7 Å². The minimum Gasteiger partial charge on any atom is -0.470 e. The van der Waals surface area contributed by atoms with Crippen molar-refractivity contribution in [2.45, 2.75) is 25.4 Å². The molecule has 3 aromatic heterocycles. The van der Waals surface area contributed by atoms with E-state index in [-0.39, 0.29) is 47.3 Å². The molecule has 3 heterocycles. The number of nitrogens with zero attached hydrogens (tertiary/aromatic N) is 4. The molecule has 4 rings (SSSR count). The number of carbonyl (C=O) groups is 1. The molecule has 0 radical (unpaired) electrons. The highest BCUT2D eigenvalue weighted by Crippen LogP contribution is 2.40. The maximum atomic E-state index is 14.0. The van der Waals surface area contributed by atoms with E-state index in [4.69, 9.17) is 4.74 Å². The van der Waals surface area contributed by atoms with Gasteiger partial charge in [-0.15, -0.1) is 0 Å². The third-order valence-electron chi connectivity index (χ3n) is 5.29. The molecular formula is C24H21F3N4O2. The maximum absolute atomic E-state index is 14.0. The average Bonchev–Trinajstić information content (AvgIpc) is 3.14. The number of hydrogen-bond acceptors (Lipinski definition) is 5. The number of pyridine rings is 2. The predicted molar refractivity (Wildman–Crippen MR) is 117 cm³/mol. The molecule has 6 nitrogen and oxygen atoms in total. The number of Topliss-reactive ketones (excluding diaryl/α,β-unsaturated/α-hetero) is 1. The topological polar surface area (TPSA) is 69.9 Å². The second-order valence-corrected chi connectivity index (χ2v) is 7.76. The highest BCUT2D eigenvalue weighted by Gasteiger charge is 2.36. The van der Waals surface area contributed by atoms with Crippen LogP contribution in [0.3, 0.4) is 0 Å². The Hall–Kier alpha value is -3.75. The Morgan fingerprint density at radius 3 is 2.58 bits per heavy atom. The van der Waals surface area contributed by atoms with Gasteiger partial charge >= 0.3 is 6.18 Å². The Kier molecular flexibility index (Phi) is 6.13. The molecule has 0 saturated carbocycles. The minimum atomic E-state index is -4.66. The van der Waals surface area contributed by atoms with Gasteiger partial charge in [-0.1, -0.05) is 43.3 Å². The minimum absolute atomic E-state index is 0.0230. The average molecular weight is 454 g/mol. The lowest BCUT2D eigenvalue weighted by Crippen LogP contribution is -2.15. The van der Waals surface area contributed by atoms with Gasteiger partial charge in [-0.3, -0.25) is 9.78 Å². The van der Waals surface area contributed by atoms with Crippen molar-refractivity contribution in [1.82, 2.24) is 19.7 Å². The summed E-state index contributed by atoms with van der Waals surface area (Å²) in [7, 11) is 1.52. The van der Waals surface area contributed by atoms with Gasteiger partial charge in [0.1, 0.15) is 12.3 Å². The zero-order chi connectivity index (χ0) is 23.6. The fourth-order valence-corrected chi connectivity index (χ4v) is 3.66. The van der Waals surface area contributed by atoms with Gasteiger partial charge in [0.15, 0.2) is 11.4 Å². The van der Waals surface area contributed by atoms with Gasteiger partial charge in [0, 0.05) is 37.5 Å². The molecule has 0 bridgehead atoms. The molecule has 4 aromatic rings. The van der Waals surface area contributed by atoms with Gasteiger partial charge in [-0.05, 0) is 17.5 Å². The van der Waals surface area contributed by atoms with E-state index in [1.807, 2.05) is 13.0 Å². The summed E-state index contributed by atoms with van der Waals surface area (Å²) in [5, 5.41) is 4.16. The summed E-state index contributed by atoms with van der Waals surface area (Å²) in [5.74, 6) is -0.627. The first-order valence-electron chi connectivity index (χ1n) is 10.3. The van der Waals surface area contributed by atoms with Crippen LogP contribution in [-0.2, 0) is 18.0 Å². The number of aromatic nitrogens is 4. The van der Waals surface area contributed by atoms with Crippen molar-refractivity contribution in [1.29, 1.82) is 0 Å². The van der Waals surface area contributed by atoms with Crippen LogP contribution in [0.4, 0.5) is 13.2 Å². The molecule has 0 aliphatic carbocycles. The van der Waals surface area contributed by atoms with Crippen LogP contribution in [-0.4, -0.2) is 32.1 Å². The fraction of sp³-hybridized carbons (Fsp3) is 0.250. The molecule has 0 aliphatic rings. The summed E-state index contributed by atoms with van der Waals surface area (Å²) < 4.78 is 48.6. The monoisotopic (exact) mass is 454 g/mol. The van der Waals surface area contributed by atoms with Crippen molar-refractivity contribution >= 4 is 16.8 Å². The van der Waals surface area contributed by atoms with E-state index in [9.17, 15) is 18.0 Å². The Bertz CT molecular complexity index is 1270. The molecule has 0 saturated heterocycles. The number of rotatable bonds is 7. The lowest BCUT2D eigenvalue weighted by molar-refractivity contribution is -0.136. The molecule has 33 heavy (non-hydrogen) atoms. The molecule has 0 spiro atoms. The number of ketones is 1. The van der Waals surface area contributed by atoms with Crippen LogP contribution in [0.2, 0.25) is 0 Å². The first-order chi connectivity index (χ1) is 15.7. The quantitative estimate of drug-likeness (QED) is 0.384. The molecule has 1 atom stereocenters. The van der Waals surface area contributed by atoms with E-state index < -0.39 is 11.7 Å². The lowest BCUT2D eigenvalue weighted by Gasteiger charge is -2.13. The predicted octanol–water partition coefficient (Wildman–Crippen LogP) is 5.19. The number of carbonyl (C=O) groups excluding carboxylic acids is 1. The largest absolute Gasteiger partial charge is 0.470 e. The Morgan fingerprint density at radius 2 is 1.91 bits per heavy atom. The van der Waals surface area contributed by atoms with Crippen molar-refractivity contribution in [3.05, 3.63) is 72.1 Å². The fourth-order valence-electron chi connectivity index (χ4n) is 3.66. The molecule has 0 aliphatic heterocycles. The molecular weight excluding hydrogens is 433 g/mol. The highest BCUT2D eigenvalue weighted by atomic mass is 19.4. The standard InChI is InChI=1S/C24H21F3N4O2/c1-15(17-9-6-10-28-13-17)11-18(32)14-33-20-12-19(24(25,26)27)21-22(16-7-4-3-5-8-16)30-31(2)23(21)29-20/h3-10,12-13,15H,11,14H2,1-2H3. The molecule has 0 amide bonds. The SMILES string of the molecule is CC(CC(=O)COc1cc(C(F)(F)F)c2c(-c3ccccc3)nn(C)c2n1)c1cccnc1. The van der Waals surface area contributed by atoms with Crippen molar-refractivity contribution in [2.24, 2.45) is 7.05 Å². The normalized spacial score (nSPS) is 12.6. The van der Waals surface area contributed by atoms with E-state index in [2.05, 4.69) is 15.1 Å². The number of benzene rings is 1. The van der Waals surface area contributed by atoms with Crippen molar-refractivity contribution in [3.63, 3.8) is 0 Å². The zero-order valence-electron chi connectivity index (χ0n) is 18.0. The van der Waals surface area contributed by atoms with Gasteiger partial charge < -0.3 is 4.74 Å². The van der Waals surface area contributed by atoms with Crippen LogP contribution in [0, 0.1) is 0 Å². The summed E-state index contributed by atoms with van der Waals surface area (Å²) in [6, 6.07) is 13.1. The Balaban J connectivity index is 1.61. The summed E-state index contributed by atoms with van der Waals surface area (Å²) in [5.41, 5.74) is 0.734. The molecule has 1 unspecified atom stereocenters. The van der Waals surface area contributed by atoms with Gasteiger partial charge in [0.2, 0.25) is 5.88 Å². The van der Waals surface area contributed by atoms with E-state index >= 15 is 0 Å². The van der Waals surface area contributed by atoms with E-state index in [1.165, 1.54) is 11.7 Å². The van der Waals surface area contributed by atoms with Crippen LogP contribution in [0.1, 0.15) is 30.4 Å². The van der Waals surface area contributed by atoms with Crippen LogP contribution in [0.25, 0.3) is 22.3 Å². The summed E-state index contributed by atoms with van der Waals surface area (Å²) >= 11 is 0. The summed E-state index contributed by atoms with van der Waals surface area (Å²) in [6.07, 6.45) is -1.17. The molecule has 1 aromatic carbocycles. The van der Waals surface area contributed by atoms with Crippen LogP contribution in [0.15, 0.2) is 60.9 Å². The smallest absolute Gasteiger partial charge is 0.417 e. The van der Waals surface area contributed by atoms with Crippen LogP contribution >= 0.6 is 0 Å². The van der Waals surface area contributed by atoms with Gasteiger partial charge in [-0.2, -0.15) is 23.3 Å². The second-order valence-electron chi connectivity index (χ2n) is 7.76. The van der Waals surface area contributed by atoms with E-state index in [1.54, 1.807) is 48.8 Å². The molecule has 9 heteroatoms. The first kappa shape index (κ1) is 22.4. The Labute approximate surface area is 188 Å². The number of alkyl halides is 3. The Morgan fingerprint density at radius 1 is 1.15 bits per heavy atom. The molecule has 0 N–H and O–H groups in total. The van der Waals surface area contributed by atoms with Crippen LogP contribution in [0.5, 0.6) is 5.88 Å². The summed E-state index contributed by atoms with van der Waals surface area (Å²) in [4.78, 5) is 20.6. The number of ether oxygens (including phenoxy) is 1. The zero-order valence-corrected chi connectivity index (χ0v) is 18.0. The highest BCUT2D eigenvalue weighted by molar-refractivity contribution is 5.94. The van der Waals surface area contributed by atoms with Crippen molar-refractivity contribution in [3.8, 4) is 17.1 Å². The second kappa shape index (κ2) is 9.01. The molecule has 170 valence electrons. The van der Waals surface area contributed by atoms with Crippen LogP contribution < -0.4 is 4.74 Å². The number of aryl methyl sites for hydroxylation is 1. The third kappa shape index (κ3) is 4.87. The van der Waals surface area contributed by atoms with Gasteiger partial charge in [0.25, 0.3) is 0 Å². The maximum Gasteiger partial charge on any atom is 0.417 e. The van der Waals surface area contributed by atoms with Crippen molar-refractivity contribution in [2.75, 3.05) is 6.61 Å². The first-order valence-corrected chi connectivity index (χ1v) is 10.3. The summed E-state index contributed by atoms with van der Waals surface area (Å²) in [6.45, 7) is 1.49. The third-order valence-corrected chi connectivity index (χ3v) is 5.29. The number of fused-ring (bicyclic) bond motifs is 1. The van der Waals surface area contributed by atoms with E-state index in [0.29, 0.717) is 5.56 Å². The van der Waals surface area contributed by atoms with Gasteiger partial charge in [0.05, 0.1) is 10.9 Å².